The molecular formula is C21H19N3O4S. The monoisotopic (exact) mass is 409 g/mol. The number of thiazole rings is 1. The van der Waals surface area contributed by atoms with Gasteiger partial charge < -0.3 is 9.47 Å². The highest BCUT2D eigenvalue weighted by Gasteiger charge is 2.35. The number of pyridine rings is 1. The summed E-state index contributed by atoms with van der Waals surface area (Å²) in [5.74, 6) is -0.180. The predicted molar refractivity (Wildman–Crippen MR) is 110 cm³/mol. The van der Waals surface area contributed by atoms with Crippen LogP contribution in [0.2, 0.25) is 0 Å². The number of hydrogen-bond donors (Lipinski definition) is 0. The number of ether oxygens (including phenoxy) is 2. The molecule has 0 aliphatic carbocycles. The van der Waals surface area contributed by atoms with E-state index in [2.05, 4.69) is 9.97 Å². The molecule has 1 amide bonds. The van der Waals surface area contributed by atoms with Crippen LogP contribution < -0.4 is 9.64 Å². The van der Waals surface area contributed by atoms with Gasteiger partial charge in [-0.25, -0.2) is 9.78 Å². The van der Waals surface area contributed by atoms with Crippen molar-refractivity contribution in [3.63, 3.8) is 0 Å². The van der Waals surface area contributed by atoms with Crippen molar-refractivity contribution in [2.24, 2.45) is 0 Å². The molecule has 1 aromatic carbocycles. The summed E-state index contributed by atoms with van der Waals surface area (Å²) in [6.07, 6.45) is 2.16. The second-order valence-corrected chi connectivity index (χ2v) is 7.29. The Morgan fingerprint density at radius 2 is 2.17 bits per heavy atom. The lowest BCUT2D eigenvalue weighted by atomic mass is 10.1. The Morgan fingerprint density at radius 1 is 1.31 bits per heavy atom. The first-order valence-electron chi connectivity index (χ1n) is 9.16. The third-order valence-electron chi connectivity index (χ3n) is 4.69. The first-order chi connectivity index (χ1) is 14.1. The lowest BCUT2D eigenvalue weighted by Crippen LogP contribution is -2.49. The molecule has 3 heterocycles. The number of amides is 1. The largest absolute Gasteiger partial charge is 0.482 e. The van der Waals surface area contributed by atoms with E-state index in [-0.39, 0.29) is 12.5 Å². The highest BCUT2D eigenvalue weighted by molar-refractivity contribution is 7.13. The fraction of sp³-hybridized carbons (Fsp3) is 0.238. The Morgan fingerprint density at radius 3 is 2.90 bits per heavy atom. The Hall–Kier alpha value is -3.26. The van der Waals surface area contributed by atoms with Crippen LogP contribution in [0.25, 0.3) is 22.0 Å². The minimum absolute atomic E-state index is 0.111. The summed E-state index contributed by atoms with van der Waals surface area (Å²) < 4.78 is 10.5. The normalized spacial score (nSPS) is 14.1. The molecule has 7 nitrogen and oxygen atoms in total. The van der Waals surface area contributed by atoms with E-state index in [9.17, 15) is 9.59 Å². The van der Waals surface area contributed by atoms with Crippen molar-refractivity contribution in [1.29, 1.82) is 0 Å². The van der Waals surface area contributed by atoms with E-state index in [1.54, 1.807) is 12.3 Å². The van der Waals surface area contributed by atoms with Crippen molar-refractivity contribution in [1.82, 2.24) is 9.97 Å². The summed E-state index contributed by atoms with van der Waals surface area (Å²) in [5, 5.41) is 2.75. The fourth-order valence-electron chi connectivity index (χ4n) is 3.28. The Balaban J connectivity index is 1.73. The Bertz CT molecular complexity index is 1050. The Kier molecular flexibility index (Phi) is 5.26. The van der Waals surface area contributed by atoms with E-state index in [0.717, 1.165) is 22.0 Å². The third kappa shape index (κ3) is 3.58. The Labute approximate surface area is 171 Å². The molecule has 0 spiro atoms. The van der Waals surface area contributed by atoms with Gasteiger partial charge in [0.2, 0.25) is 0 Å². The van der Waals surface area contributed by atoms with Crippen LogP contribution in [-0.4, -0.2) is 41.6 Å². The molecule has 29 heavy (non-hydrogen) atoms. The summed E-state index contributed by atoms with van der Waals surface area (Å²) in [5.41, 5.74) is 2.94. The highest BCUT2D eigenvalue weighted by atomic mass is 32.1. The summed E-state index contributed by atoms with van der Waals surface area (Å²) in [6, 6.07) is 10.5. The summed E-state index contributed by atoms with van der Waals surface area (Å²) in [4.78, 5) is 35.3. The number of fused-ring (bicyclic) bond motifs is 1. The van der Waals surface area contributed by atoms with Gasteiger partial charge in [-0.1, -0.05) is 13.0 Å². The van der Waals surface area contributed by atoms with E-state index in [1.807, 2.05) is 42.6 Å². The molecule has 1 unspecified atom stereocenters. The van der Waals surface area contributed by atoms with Crippen LogP contribution >= 0.6 is 11.3 Å². The van der Waals surface area contributed by atoms with E-state index in [4.69, 9.17) is 9.47 Å². The average molecular weight is 409 g/mol. The van der Waals surface area contributed by atoms with Gasteiger partial charge in [-0.15, -0.1) is 11.3 Å². The minimum atomic E-state index is -0.704. The number of carbonyl (C=O) groups is 2. The lowest BCUT2D eigenvalue weighted by molar-refractivity contribution is -0.144. The van der Waals surface area contributed by atoms with Gasteiger partial charge in [0.25, 0.3) is 5.91 Å². The van der Waals surface area contributed by atoms with Crippen LogP contribution in [0, 0.1) is 0 Å². The van der Waals surface area contributed by atoms with Crippen molar-refractivity contribution in [3.05, 3.63) is 48.0 Å². The lowest BCUT2D eigenvalue weighted by Gasteiger charge is -2.34. The van der Waals surface area contributed by atoms with Gasteiger partial charge >= 0.3 is 5.97 Å². The number of benzene rings is 1. The van der Waals surface area contributed by atoms with Gasteiger partial charge in [-0.2, -0.15) is 0 Å². The molecule has 0 saturated heterocycles. The molecule has 2 aromatic heterocycles. The second kappa shape index (κ2) is 8.00. The second-order valence-electron chi connectivity index (χ2n) is 6.44. The number of aromatic nitrogens is 2. The summed E-state index contributed by atoms with van der Waals surface area (Å²) in [6.45, 7) is 1.73. The van der Waals surface area contributed by atoms with Gasteiger partial charge in [-0.05, 0) is 36.8 Å². The van der Waals surface area contributed by atoms with E-state index < -0.39 is 12.0 Å². The number of esters is 1. The molecule has 4 rings (SSSR count). The van der Waals surface area contributed by atoms with Crippen molar-refractivity contribution >= 4 is 28.9 Å². The number of rotatable bonds is 5. The molecule has 0 radical (unpaired) electrons. The fourth-order valence-corrected chi connectivity index (χ4v) is 4.08. The molecule has 0 bridgehead atoms. The number of methoxy groups -OCH3 is 1. The zero-order chi connectivity index (χ0) is 20.4. The minimum Gasteiger partial charge on any atom is -0.482 e. The highest BCUT2D eigenvalue weighted by Crippen LogP contribution is 2.38. The quantitative estimate of drug-likeness (QED) is 0.600. The molecule has 8 heteroatoms. The zero-order valence-corrected chi connectivity index (χ0v) is 16.8. The van der Waals surface area contributed by atoms with Gasteiger partial charge in [-0.3, -0.25) is 14.7 Å². The van der Waals surface area contributed by atoms with Crippen molar-refractivity contribution in [3.8, 4) is 27.7 Å². The van der Waals surface area contributed by atoms with Crippen molar-refractivity contribution in [2.45, 2.75) is 19.4 Å². The van der Waals surface area contributed by atoms with Gasteiger partial charge in [0, 0.05) is 17.1 Å². The summed E-state index contributed by atoms with van der Waals surface area (Å²) in [7, 11) is 1.32. The number of anilines is 1. The van der Waals surface area contributed by atoms with E-state index in [1.165, 1.54) is 23.3 Å². The van der Waals surface area contributed by atoms with Crippen LogP contribution in [0.15, 0.2) is 48.0 Å². The first-order valence-corrected chi connectivity index (χ1v) is 10.0. The molecule has 148 valence electrons. The molecule has 1 aliphatic rings. The standard InChI is InChI=1S/C21H19N3O4S/c1-3-16(21(26)27-2)24-17-10-13(7-8-18(17)28-11-19(24)25)15-12-29-20(23-15)14-6-4-5-9-22-14/h4-10,12,16H,3,11H2,1-2H3. The molecule has 3 aromatic rings. The predicted octanol–water partition coefficient (Wildman–Crippen LogP) is 3.55. The van der Waals surface area contributed by atoms with E-state index in [0.29, 0.717) is 17.9 Å². The zero-order valence-electron chi connectivity index (χ0n) is 16.0. The molecular weight excluding hydrogens is 390 g/mol. The van der Waals surface area contributed by atoms with Crippen LogP contribution in [0.4, 0.5) is 5.69 Å². The van der Waals surface area contributed by atoms with Crippen molar-refractivity contribution in [2.75, 3.05) is 18.6 Å². The topological polar surface area (TPSA) is 81.6 Å². The molecule has 0 fully saturated rings. The van der Waals surface area contributed by atoms with Crippen LogP contribution in [0.3, 0.4) is 0 Å². The summed E-state index contributed by atoms with van der Waals surface area (Å²) >= 11 is 1.50. The van der Waals surface area contributed by atoms with Crippen LogP contribution in [0.5, 0.6) is 5.75 Å². The SMILES string of the molecule is CCC(C(=O)OC)N1C(=O)COc2ccc(-c3csc(-c4ccccn4)n3)cc21. The molecule has 1 aliphatic heterocycles. The molecule has 1 atom stereocenters. The van der Waals surface area contributed by atoms with Crippen LogP contribution in [0.1, 0.15) is 13.3 Å². The van der Waals surface area contributed by atoms with Crippen molar-refractivity contribution < 1.29 is 19.1 Å². The number of carbonyl (C=O) groups excluding carboxylic acids is 2. The smallest absolute Gasteiger partial charge is 0.328 e. The number of nitrogens with zero attached hydrogens (tertiary/aromatic N) is 3. The van der Waals surface area contributed by atoms with Crippen LogP contribution in [-0.2, 0) is 14.3 Å². The maximum atomic E-state index is 12.6. The van der Waals surface area contributed by atoms with Gasteiger partial charge in [0.1, 0.15) is 16.8 Å². The molecule has 0 N–H and O–H groups in total. The maximum Gasteiger partial charge on any atom is 0.328 e. The van der Waals surface area contributed by atoms with Gasteiger partial charge in [0.05, 0.1) is 24.2 Å². The first kappa shape index (κ1) is 19.1. The third-order valence-corrected chi connectivity index (χ3v) is 5.56. The van der Waals surface area contributed by atoms with Gasteiger partial charge in [0.15, 0.2) is 6.61 Å². The van der Waals surface area contributed by atoms with E-state index >= 15 is 0 Å². The maximum absolute atomic E-state index is 12.6. The average Bonchev–Trinajstić information content (AvgIpc) is 3.26. The molecule has 0 saturated carbocycles. The number of hydrogen-bond acceptors (Lipinski definition) is 7.